The van der Waals surface area contributed by atoms with Crippen molar-refractivity contribution in [2.45, 2.75) is 26.3 Å². The highest BCUT2D eigenvalue weighted by Gasteiger charge is 2.34. The van der Waals surface area contributed by atoms with Crippen LogP contribution in [0.5, 0.6) is 0 Å². The summed E-state index contributed by atoms with van der Waals surface area (Å²) in [6.45, 7) is 6.85. The molecule has 6 nitrogen and oxygen atoms in total. The van der Waals surface area contributed by atoms with Crippen LogP contribution in [0.15, 0.2) is 6.07 Å². The van der Waals surface area contributed by atoms with E-state index in [1.165, 1.54) is 0 Å². The number of aryl methyl sites for hydroxylation is 2. The molecule has 2 fully saturated rings. The SMILES string of the molecule is Cc1cc(N2CCC(N3CCOC3=O)C2)nc(C)n1. The van der Waals surface area contributed by atoms with Crippen LogP contribution in [0.25, 0.3) is 0 Å². The number of carbonyl (C=O) groups excluding carboxylic acids is 1. The van der Waals surface area contributed by atoms with Crippen molar-refractivity contribution in [3.63, 3.8) is 0 Å². The number of hydrogen-bond acceptors (Lipinski definition) is 5. The third-order valence-corrected chi connectivity index (χ3v) is 3.67. The number of nitrogens with zero attached hydrogens (tertiary/aromatic N) is 4. The second-order valence-corrected chi connectivity index (χ2v) is 5.11. The summed E-state index contributed by atoms with van der Waals surface area (Å²) < 4.78 is 5.00. The first-order valence-corrected chi connectivity index (χ1v) is 6.64. The van der Waals surface area contributed by atoms with E-state index in [2.05, 4.69) is 14.9 Å². The Morgan fingerprint density at radius 2 is 2.16 bits per heavy atom. The lowest BCUT2D eigenvalue weighted by molar-refractivity contribution is 0.150. The predicted molar refractivity (Wildman–Crippen MR) is 70.2 cm³/mol. The second kappa shape index (κ2) is 4.68. The molecule has 0 spiro atoms. The van der Waals surface area contributed by atoms with Gasteiger partial charge in [-0.3, -0.25) is 4.90 Å². The third-order valence-electron chi connectivity index (χ3n) is 3.67. The molecule has 0 radical (unpaired) electrons. The minimum Gasteiger partial charge on any atom is -0.448 e. The summed E-state index contributed by atoms with van der Waals surface area (Å²) in [4.78, 5) is 24.4. The molecule has 0 bridgehead atoms. The number of cyclic esters (lactones) is 1. The van der Waals surface area contributed by atoms with Gasteiger partial charge in [0.1, 0.15) is 18.2 Å². The third kappa shape index (κ3) is 2.34. The van der Waals surface area contributed by atoms with Crippen LogP contribution in [-0.2, 0) is 4.74 Å². The van der Waals surface area contributed by atoms with E-state index < -0.39 is 0 Å². The number of hydrogen-bond donors (Lipinski definition) is 0. The predicted octanol–water partition coefficient (Wildman–Crippen LogP) is 1.12. The summed E-state index contributed by atoms with van der Waals surface area (Å²) in [5.74, 6) is 1.75. The van der Waals surface area contributed by atoms with Gasteiger partial charge < -0.3 is 9.64 Å². The highest BCUT2D eigenvalue weighted by molar-refractivity contribution is 5.70. The van der Waals surface area contributed by atoms with E-state index in [0.717, 1.165) is 36.8 Å². The first-order valence-electron chi connectivity index (χ1n) is 6.64. The van der Waals surface area contributed by atoms with E-state index in [1.54, 1.807) is 0 Å². The Hall–Kier alpha value is -1.85. The first kappa shape index (κ1) is 12.2. The molecule has 3 heterocycles. The number of carbonyl (C=O) groups is 1. The van der Waals surface area contributed by atoms with Crippen LogP contribution in [0, 0.1) is 13.8 Å². The zero-order chi connectivity index (χ0) is 13.4. The van der Waals surface area contributed by atoms with E-state index in [1.807, 2.05) is 24.8 Å². The minimum absolute atomic E-state index is 0.179. The molecule has 3 rings (SSSR count). The minimum atomic E-state index is -0.179. The smallest absolute Gasteiger partial charge is 0.410 e. The number of amides is 1. The fourth-order valence-electron chi connectivity index (χ4n) is 2.80. The topological polar surface area (TPSA) is 58.6 Å². The van der Waals surface area contributed by atoms with E-state index in [9.17, 15) is 4.79 Å². The van der Waals surface area contributed by atoms with Gasteiger partial charge in [0, 0.05) is 24.8 Å². The fourth-order valence-corrected chi connectivity index (χ4v) is 2.80. The van der Waals surface area contributed by atoms with Crippen molar-refractivity contribution in [1.29, 1.82) is 0 Å². The van der Waals surface area contributed by atoms with E-state index in [-0.39, 0.29) is 12.1 Å². The summed E-state index contributed by atoms with van der Waals surface area (Å²) in [6, 6.07) is 2.24. The molecule has 2 aliphatic heterocycles. The second-order valence-electron chi connectivity index (χ2n) is 5.11. The molecule has 0 saturated carbocycles. The Morgan fingerprint density at radius 1 is 1.32 bits per heavy atom. The molecular weight excluding hydrogens is 244 g/mol. The maximum atomic E-state index is 11.6. The van der Waals surface area contributed by atoms with Gasteiger partial charge in [-0.05, 0) is 20.3 Å². The first-order chi connectivity index (χ1) is 9.13. The van der Waals surface area contributed by atoms with Crippen LogP contribution in [-0.4, -0.2) is 53.2 Å². The molecule has 1 unspecified atom stereocenters. The molecular formula is C13H18N4O2. The number of aromatic nitrogens is 2. The Balaban J connectivity index is 1.73. The van der Waals surface area contributed by atoms with E-state index in [0.29, 0.717) is 13.2 Å². The van der Waals surface area contributed by atoms with Gasteiger partial charge >= 0.3 is 6.09 Å². The van der Waals surface area contributed by atoms with Crippen LogP contribution in [0.3, 0.4) is 0 Å². The Labute approximate surface area is 112 Å². The lowest BCUT2D eigenvalue weighted by Crippen LogP contribution is -2.38. The number of ether oxygens (including phenoxy) is 1. The van der Waals surface area contributed by atoms with Crippen LogP contribution < -0.4 is 4.90 Å². The number of rotatable bonds is 2. The molecule has 1 amide bonds. The van der Waals surface area contributed by atoms with Gasteiger partial charge in [-0.25, -0.2) is 14.8 Å². The van der Waals surface area contributed by atoms with Crippen molar-refractivity contribution in [2.75, 3.05) is 31.1 Å². The Morgan fingerprint density at radius 3 is 2.84 bits per heavy atom. The molecule has 2 saturated heterocycles. The van der Waals surface area contributed by atoms with Gasteiger partial charge in [-0.15, -0.1) is 0 Å². The molecule has 6 heteroatoms. The van der Waals surface area contributed by atoms with Gasteiger partial charge in [0.25, 0.3) is 0 Å². The molecule has 1 aromatic rings. The van der Waals surface area contributed by atoms with Crippen LogP contribution >= 0.6 is 0 Å². The Bertz CT molecular complexity index is 485. The lowest BCUT2D eigenvalue weighted by atomic mass is 10.2. The van der Waals surface area contributed by atoms with Gasteiger partial charge in [-0.2, -0.15) is 0 Å². The highest BCUT2D eigenvalue weighted by Crippen LogP contribution is 2.23. The largest absolute Gasteiger partial charge is 0.448 e. The maximum Gasteiger partial charge on any atom is 0.410 e. The van der Waals surface area contributed by atoms with Crippen LogP contribution in [0.4, 0.5) is 10.6 Å². The zero-order valence-electron chi connectivity index (χ0n) is 11.3. The highest BCUT2D eigenvalue weighted by atomic mass is 16.6. The van der Waals surface area contributed by atoms with Crippen molar-refractivity contribution in [2.24, 2.45) is 0 Å². The molecule has 0 N–H and O–H groups in total. The van der Waals surface area contributed by atoms with Crippen LogP contribution in [0.2, 0.25) is 0 Å². The van der Waals surface area contributed by atoms with Crippen molar-refractivity contribution in [3.8, 4) is 0 Å². The number of anilines is 1. The average Bonchev–Trinajstić information content (AvgIpc) is 2.95. The van der Waals surface area contributed by atoms with Gasteiger partial charge in [0.05, 0.1) is 12.6 Å². The lowest BCUT2D eigenvalue weighted by Gasteiger charge is -2.22. The average molecular weight is 262 g/mol. The van der Waals surface area contributed by atoms with Gasteiger partial charge in [0.15, 0.2) is 0 Å². The van der Waals surface area contributed by atoms with Crippen molar-refractivity contribution in [1.82, 2.24) is 14.9 Å². The van der Waals surface area contributed by atoms with Gasteiger partial charge in [-0.1, -0.05) is 0 Å². The summed E-state index contributed by atoms with van der Waals surface area (Å²) in [5.41, 5.74) is 0.978. The Kier molecular flexibility index (Phi) is 3.00. The molecule has 1 atom stereocenters. The fraction of sp³-hybridized carbons (Fsp3) is 0.615. The standard InChI is InChI=1S/C13H18N4O2/c1-9-7-12(15-10(2)14-9)16-4-3-11(8-16)17-5-6-19-13(17)18/h7,11H,3-6,8H2,1-2H3. The molecule has 2 aliphatic rings. The quantitative estimate of drug-likeness (QED) is 0.799. The van der Waals surface area contributed by atoms with E-state index in [4.69, 9.17) is 4.74 Å². The maximum absolute atomic E-state index is 11.6. The van der Waals surface area contributed by atoms with Crippen LogP contribution in [0.1, 0.15) is 17.9 Å². The molecule has 0 aromatic carbocycles. The normalized spacial score (nSPS) is 23.1. The summed E-state index contributed by atoms with van der Waals surface area (Å²) in [7, 11) is 0. The van der Waals surface area contributed by atoms with Crippen molar-refractivity contribution >= 4 is 11.9 Å². The molecule has 19 heavy (non-hydrogen) atoms. The molecule has 0 aliphatic carbocycles. The van der Waals surface area contributed by atoms with Crippen molar-refractivity contribution < 1.29 is 9.53 Å². The van der Waals surface area contributed by atoms with E-state index >= 15 is 0 Å². The molecule has 102 valence electrons. The molecule has 1 aromatic heterocycles. The monoisotopic (exact) mass is 262 g/mol. The summed E-state index contributed by atoms with van der Waals surface area (Å²) in [6.07, 6.45) is 0.791. The zero-order valence-corrected chi connectivity index (χ0v) is 11.3. The van der Waals surface area contributed by atoms with Gasteiger partial charge in [0.2, 0.25) is 0 Å². The summed E-state index contributed by atoms with van der Waals surface area (Å²) >= 11 is 0. The van der Waals surface area contributed by atoms with Crippen molar-refractivity contribution in [3.05, 3.63) is 17.6 Å². The summed E-state index contributed by atoms with van der Waals surface area (Å²) in [5, 5.41) is 0.